The Morgan fingerprint density at radius 2 is 1.56 bits per heavy atom. The third-order valence-electron chi connectivity index (χ3n) is 9.07. The molecule has 2 aromatic carbocycles. The SMILES string of the molecule is CN1C(=CC=C2CCCC(C=CC3=[N+](C)c4ccccc4C3(C)C)=C2c2cccs2)C(C)(C)c2ccccc21. The number of likely N-dealkylation sites (N-methyl/N-ethyl adjacent to an activating group) is 1. The summed E-state index contributed by atoms with van der Waals surface area (Å²) in [6.45, 7) is 9.39. The van der Waals surface area contributed by atoms with E-state index in [1.54, 1.807) is 0 Å². The molecule has 0 amide bonds. The molecule has 39 heavy (non-hydrogen) atoms. The van der Waals surface area contributed by atoms with Crippen molar-refractivity contribution in [2.24, 2.45) is 0 Å². The Hall–Kier alpha value is -3.43. The average Bonchev–Trinajstić information content (AvgIpc) is 3.58. The standard InChI is InChI=1S/C36H39N2S/c1-35(2)27-15-7-9-17-29(27)37(5)32(35)22-20-25-13-11-14-26(34(25)31-19-12-24-39-31)21-23-33-36(3,4)28-16-8-10-18-30(28)38(33)6/h7-10,12,15-24H,11,13-14H2,1-6H3/q+1. The normalized spacial score (nSPS) is 21.9. The number of thiophene rings is 1. The molecule has 3 heterocycles. The minimum Gasteiger partial charge on any atom is -0.347 e. The molecule has 3 heteroatoms. The highest BCUT2D eigenvalue weighted by Gasteiger charge is 2.42. The predicted octanol–water partition coefficient (Wildman–Crippen LogP) is 9.19. The summed E-state index contributed by atoms with van der Waals surface area (Å²) in [5, 5.41) is 2.21. The third-order valence-corrected chi connectivity index (χ3v) is 9.96. The van der Waals surface area contributed by atoms with Crippen LogP contribution >= 0.6 is 11.3 Å². The summed E-state index contributed by atoms with van der Waals surface area (Å²) in [5.41, 5.74) is 12.4. The fourth-order valence-corrected chi connectivity index (χ4v) is 7.80. The largest absolute Gasteiger partial charge is 0.347 e. The zero-order valence-electron chi connectivity index (χ0n) is 24.1. The van der Waals surface area contributed by atoms with Crippen LogP contribution in [0.4, 0.5) is 11.4 Å². The average molecular weight is 532 g/mol. The lowest BCUT2D eigenvalue weighted by Crippen LogP contribution is -2.26. The first-order valence-electron chi connectivity index (χ1n) is 14.1. The number of fused-ring (bicyclic) bond motifs is 2. The number of nitrogens with zero attached hydrogens (tertiary/aromatic N) is 2. The molecular weight excluding hydrogens is 492 g/mol. The molecule has 3 aliphatic rings. The maximum absolute atomic E-state index is 2.41. The first-order chi connectivity index (χ1) is 18.7. The third kappa shape index (κ3) is 4.19. The van der Waals surface area contributed by atoms with Crippen LogP contribution in [-0.4, -0.2) is 24.4 Å². The van der Waals surface area contributed by atoms with Gasteiger partial charge in [0.05, 0.1) is 5.41 Å². The van der Waals surface area contributed by atoms with Crippen molar-refractivity contribution in [1.29, 1.82) is 0 Å². The van der Waals surface area contributed by atoms with Gasteiger partial charge in [-0.3, -0.25) is 0 Å². The number of anilines is 1. The van der Waals surface area contributed by atoms with E-state index in [-0.39, 0.29) is 10.8 Å². The molecule has 0 bridgehead atoms. The van der Waals surface area contributed by atoms with E-state index in [0.717, 1.165) is 12.8 Å². The summed E-state index contributed by atoms with van der Waals surface area (Å²) in [7, 11) is 4.41. The Bertz CT molecular complexity index is 1590. The Labute approximate surface area is 238 Å². The molecule has 2 nitrogen and oxygen atoms in total. The van der Waals surface area contributed by atoms with Gasteiger partial charge in [-0.15, -0.1) is 11.3 Å². The quantitative estimate of drug-likeness (QED) is 0.304. The van der Waals surface area contributed by atoms with Crippen LogP contribution in [0.1, 0.15) is 63.0 Å². The number of hydrogen-bond donors (Lipinski definition) is 0. The zero-order valence-corrected chi connectivity index (χ0v) is 24.9. The van der Waals surface area contributed by atoms with Crippen molar-refractivity contribution in [2.75, 3.05) is 19.0 Å². The van der Waals surface area contributed by atoms with Crippen molar-refractivity contribution >= 4 is 34.0 Å². The van der Waals surface area contributed by atoms with Gasteiger partial charge in [-0.2, -0.15) is 4.58 Å². The van der Waals surface area contributed by atoms with Gasteiger partial charge in [-0.1, -0.05) is 68.5 Å². The smallest absolute Gasteiger partial charge is 0.209 e. The Kier molecular flexibility index (Phi) is 6.38. The summed E-state index contributed by atoms with van der Waals surface area (Å²) in [6.07, 6.45) is 13.0. The van der Waals surface area contributed by atoms with E-state index >= 15 is 0 Å². The maximum atomic E-state index is 2.41. The molecule has 0 atom stereocenters. The molecule has 0 unspecified atom stereocenters. The van der Waals surface area contributed by atoms with Crippen LogP contribution in [0, 0.1) is 0 Å². The van der Waals surface area contributed by atoms with Crippen molar-refractivity contribution in [3.05, 3.63) is 123 Å². The Morgan fingerprint density at radius 1 is 0.821 bits per heavy atom. The summed E-state index contributed by atoms with van der Waals surface area (Å²) < 4.78 is 2.37. The fourth-order valence-electron chi connectivity index (χ4n) is 6.96. The summed E-state index contributed by atoms with van der Waals surface area (Å²) in [6, 6.07) is 22.1. The molecule has 0 fully saturated rings. The first-order valence-corrected chi connectivity index (χ1v) is 15.0. The summed E-state index contributed by atoms with van der Waals surface area (Å²) in [4.78, 5) is 3.74. The van der Waals surface area contributed by atoms with E-state index < -0.39 is 0 Å². The topological polar surface area (TPSA) is 6.25 Å². The Morgan fingerprint density at radius 3 is 2.28 bits per heavy atom. The van der Waals surface area contributed by atoms with Crippen molar-refractivity contribution in [3.8, 4) is 0 Å². The first kappa shape index (κ1) is 25.8. The number of benzene rings is 2. The predicted molar refractivity (Wildman–Crippen MR) is 169 cm³/mol. The van der Waals surface area contributed by atoms with E-state index in [9.17, 15) is 0 Å². The molecule has 3 aromatic rings. The lowest BCUT2D eigenvalue weighted by Gasteiger charge is -2.25. The van der Waals surface area contributed by atoms with Gasteiger partial charge in [-0.05, 0) is 79.0 Å². The van der Waals surface area contributed by atoms with Crippen molar-refractivity contribution in [3.63, 3.8) is 0 Å². The minimum atomic E-state index is -0.0170. The zero-order chi connectivity index (χ0) is 27.4. The van der Waals surface area contributed by atoms with Gasteiger partial charge >= 0.3 is 0 Å². The van der Waals surface area contributed by atoms with Gasteiger partial charge in [0.1, 0.15) is 7.05 Å². The van der Waals surface area contributed by atoms with Crippen LogP contribution in [-0.2, 0) is 10.8 Å². The molecule has 6 rings (SSSR count). The van der Waals surface area contributed by atoms with Crippen molar-refractivity contribution < 1.29 is 4.58 Å². The van der Waals surface area contributed by atoms with Crippen molar-refractivity contribution in [1.82, 2.24) is 0 Å². The van der Waals surface area contributed by atoms with E-state index in [1.165, 1.54) is 61.9 Å². The van der Waals surface area contributed by atoms with Crippen LogP contribution < -0.4 is 4.90 Å². The summed E-state index contributed by atoms with van der Waals surface area (Å²) >= 11 is 1.85. The highest BCUT2D eigenvalue weighted by Crippen LogP contribution is 2.47. The molecule has 0 radical (unpaired) electrons. The maximum Gasteiger partial charge on any atom is 0.209 e. The Balaban J connectivity index is 1.42. The molecule has 1 aliphatic carbocycles. The monoisotopic (exact) mass is 531 g/mol. The number of para-hydroxylation sites is 2. The molecule has 0 saturated carbocycles. The molecule has 0 saturated heterocycles. The number of rotatable bonds is 4. The highest BCUT2D eigenvalue weighted by molar-refractivity contribution is 7.11. The molecule has 0 N–H and O–H groups in total. The van der Waals surface area contributed by atoms with Crippen molar-refractivity contribution in [2.45, 2.75) is 57.8 Å². The molecule has 198 valence electrons. The van der Waals surface area contributed by atoms with Gasteiger partial charge in [-0.25, -0.2) is 0 Å². The van der Waals surface area contributed by atoms with E-state index in [1.807, 2.05) is 11.3 Å². The molecule has 1 aromatic heterocycles. The van der Waals surface area contributed by atoms with Crippen LogP contribution in [0.5, 0.6) is 0 Å². The summed E-state index contributed by atoms with van der Waals surface area (Å²) in [5.74, 6) is 0. The van der Waals surface area contributed by atoms with Gasteiger partial charge in [0.15, 0.2) is 5.71 Å². The fraction of sp³-hybridized carbons (Fsp3) is 0.306. The van der Waals surface area contributed by atoms with Gasteiger partial charge in [0, 0.05) is 46.4 Å². The minimum absolute atomic E-state index is 0.0170. The van der Waals surface area contributed by atoms with Crippen LogP contribution in [0.15, 0.2) is 107 Å². The van der Waals surface area contributed by atoms with E-state index in [0.29, 0.717) is 0 Å². The lowest BCUT2D eigenvalue weighted by atomic mass is 9.80. The van der Waals surface area contributed by atoms with Crippen LogP contribution in [0.3, 0.4) is 0 Å². The second-order valence-corrected chi connectivity index (χ2v) is 13.0. The van der Waals surface area contributed by atoms with Gasteiger partial charge in [0.2, 0.25) is 5.69 Å². The van der Waals surface area contributed by atoms with E-state index in [4.69, 9.17) is 0 Å². The second-order valence-electron chi connectivity index (χ2n) is 12.1. The highest BCUT2D eigenvalue weighted by atomic mass is 32.1. The van der Waals surface area contributed by atoms with Crippen LogP contribution in [0.25, 0.3) is 5.57 Å². The molecule has 2 aliphatic heterocycles. The molecule has 0 spiro atoms. The second kappa shape index (κ2) is 9.64. The molecular formula is C36H39N2S+. The van der Waals surface area contributed by atoms with Crippen LogP contribution in [0.2, 0.25) is 0 Å². The van der Waals surface area contributed by atoms with Gasteiger partial charge in [0.25, 0.3) is 0 Å². The lowest BCUT2D eigenvalue weighted by molar-refractivity contribution is -0.401. The number of hydrogen-bond acceptors (Lipinski definition) is 2. The number of allylic oxidation sites excluding steroid dienone is 8. The van der Waals surface area contributed by atoms with E-state index in [2.05, 4.69) is 142 Å². The van der Waals surface area contributed by atoms with Gasteiger partial charge < -0.3 is 4.90 Å².